The van der Waals surface area contributed by atoms with E-state index in [2.05, 4.69) is 15.5 Å². The summed E-state index contributed by atoms with van der Waals surface area (Å²) in [4.78, 5) is 28.7. The molecule has 9 heteroatoms. The number of nitrogens with zero attached hydrogens (tertiary/aromatic N) is 3. The number of benzene rings is 1. The van der Waals surface area contributed by atoms with E-state index < -0.39 is 10.8 Å². The molecule has 0 radical (unpaired) electrons. The number of aromatic nitrogens is 3. The maximum atomic E-state index is 12.7. The second-order valence-corrected chi connectivity index (χ2v) is 7.69. The van der Waals surface area contributed by atoms with Crippen LogP contribution in [0.3, 0.4) is 0 Å². The molecule has 3 N–H and O–H groups in total. The lowest BCUT2D eigenvalue weighted by Gasteiger charge is -2.18. The normalized spacial score (nSPS) is 11.9. The first kappa shape index (κ1) is 20.7. The summed E-state index contributed by atoms with van der Waals surface area (Å²) in [7, 11) is 0. The van der Waals surface area contributed by atoms with Crippen molar-refractivity contribution in [2.45, 2.75) is 43.6 Å². The summed E-state index contributed by atoms with van der Waals surface area (Å²) in [6, 6.07) is 12.9. The summed E-state index contributed by atoms with van der Waals surface area (Å²) in [6.07, 6.45) is 1.26. The van der Waals surface area contributed by atoms with Crippen molar-refractivity contribution < 1.29 is 9.32 Å². The maximum absolute atomic E-state index is 12.7. The number of nitrogens with two attached hydrogens (primary N) is 1. The van der Waals surface area contributed by atoms with Crippen LogP contribution in [-0.4, -0.2) is 25.9 Å². The van der Waals surface area contributed by atoms with Gasteiger partial charge in [-0.3, -0.25) is 9.59 Å². The van der Waals surface area contributed by atoms with Gasteiger partial charge in [0.25, 0.3) is 5.56 Å². The number of nitrogen functional groups attached to an aromatic ring is 1. The van der Waals surface area contributed by atoms with Gasteiger partial charge in [-0.2, -0.15) is 4.98 Å². The van der Waals surface area contributed by atoms with Crippen LogP contribution in [0.4, 0.5) is 11.6 Å². The minimum atomic E-state index is -0.469. The average molecular weight is 414 g/mol. The van der Waals surface area contributed by atoms with Gasteiger partial charge in [-0.1, -0.05) is 54.2 Å². The van der Waals surface area contributed by atoms with Crippen molar-refractivity contribution >= 4 is 29.3 Å². The Morgan fingerprint density at radius 3 is 2.72 bits per heavy atom. The quantitative estimate of drug-likeness (QED) is 0.431. The zero-order valence-corrected chi connectivity index (χ0v) is 17.1. The molecule has 0 aliphatic carbocycles. The van der Waals surface area contributed by atoms with E-state index in [9.17, 15) is 9.59 Å². The Bertz CT molecular complexity index is 1030. The summed E-state index contributed by atoms with van der Waals surface area (Å²) >= 11 is 1.21. The predicted molar refractivity (Wildman–Crippen MR) is 113 cm³/mol. The SMILES string of the molecule is CC[C@H](Sc1nc(=O)cc(N)n1CCc1ccccc1)C(=O)Nc1cc(C)on1. The lowest BCUT2D eigenvalue weighted by molar-refractivity contribution is -0.115. The fourth-order valence-electron chi connectivity index (χ4n) is 2.78. The standard InChI is InChI=1S/C20H23N5O3S/c1-3-15(19(27)22-17-11-13(2)28-24-17)29-20-23-18(26)12-16(21)25(20)10-9-14-7-5-4-6-8-14/h4-8,11-12,15H,3,9-10,21H2,1-2H3,(H,22,24,27)/t15-/m0/s1. The van der Waals surface area contributed by atoms with Crippen LogP contribution in [0.1, 0.15) is 24.7 Å². The third-order valence-corrected chi connectivity index (χ3v) is 5.63. The van der Waals surface area contributed by atoms with E-state index >= 15 is 0 Å². The van der Waals surface area contributed by atoms with Crippen molar-refractivity contribution in [1.29, 1.82) is 0 Å². The molecule has 1 amide bonds. The highest BCUT2D eigenvalue weighted by atomic mass is 32.2. The Hall–Kier alpha value is -3.07. The van der Waals surface area contributed by atoms with Crippen LogP contribution in [0, 0.1) is 6.92 Å². The van der Waals surface area contributed by atoms with Gasteiger partial charge in [-0.15, -0.1) is 0 Å². The lowest BCUT2D eigenvalue weighted by atomic mass is 10.1. The number of hydrogen-bond acceptors (Lipinski definition) is 7. The highest BCUT2D eigenvalue weighted by Gasteiger charge is 2.22. The summed E-state index contributed by atoms with van der Waals surface area (Å²) in [6.45, 7) is 4.19. The highest BCUT2D eigenvalue weighted by Crippen LogP contribution is 2.26. The number of carbonyl (C=O) groups is 1. The minimum absolute atomic E-state index is 0.239. The van der Waals surface area contributed by atoms with Gasteiger partial charge in [0.05, 0.1) is 5.25 Å². The third-order valence-electron chi connectivity index (χ3n) is 4.28. The van der Waals surface area contributed by atoms with Gasteiger partial charge in [0, 0.05) is 18.7 Å². The lowest BCUT2D eigenvalue weighted by Crippen LogP contribution is -2.27. The monoisotopic (exact) mass is 413 g/mol. The van der Waals surface area contributed by atoms with Crippen molar-refractivity contribution in [2.24, 2.45) is 0 Å². The van der Waals surface area contributed by atoms with Gasteiger partial charge in [-0.05, 0) is 25.3 Å². The van der Waals surface area contributed by atoms with E-state index in [0.29, 0.717) is 35.5 Å². The van der Waals surface area contributed by atoms with Crippen LogP contribution in [0.15, 0.2) is 56.9 Å². The molecule has 8 nitrogen and oxygen atoms in total. The topological polar surface area (TPSA) is 116 Å². The predicted octanol–water partition coefficient (Wildman–Crippen LogP) is 2.87. The zero-order chi connectivity index (χ0) is 20.8. The number of anilines is 2. The van der Waals surface area contributed by atoms with Crippen LogP contribution < -0.4 is 16.6 Å². The number of nitrogens with one attached hydrogen (secondary N) is 1. The fourth-order valence-corrected chi connectivity index (χ4v) is 3.84. The van der Waals surface area contributed by atoms with Gasteiger partial charge in [0.15, 0.2) is 11.0 Å². The van der Waals surface area contributed by atoms with Crippen LogP contribution in [0.5, 0.6) is 0 Å². The Morgan fingerprint density at radius 2 is 2.07 bits per heavy atom. The number of thioether (sulfide) groups is 1. The van der Waals surface area contributed by atoms with Crippen LogP contribution in [0.2, 0.25) is 0 Å². The first-order valence-corrected chi connectivity index (χ1v) is 10.2. The van der Waals surface area contributed by atoms with Crippen molar-refractivity contribution in [3.05, 3.63) is 64.1 Å². The molecule has 1 atom stereocenters. The maximum Gasteiger partial charge on any atom is 0.275 e. The molecular formula is C20H23N5O3S. The Labute approximate surface area is 172 Å². The Morgan fingerprint density at radius 1 is 1.31 bits per heavy atom. The van der Waals surface area contributed by atoms with Crippen molar-refractivity contribution in [3.63, 3.8) is 0 Å². The number of rotatable bonds is 8. The van der Waals surface area contributed by atoms with Gasteiger partial charge < -0.3 is 20.1 Å². The molecule has 0 saturated heterocycles. The van der Waals surface area contributed by atoms with Gasteiger partial charge in [-0.25, -0.2) is 0 Å². The van der Waals surface area contributed by atoms with Gasteiger partial charge in [0.2, 0.25) is 5.91 Å². The molecule has 0 bridgehead atoms. The van der Waals surface area contributed by atoms with Crippen molar-refractivity contribution in [3.8, 4) is 0 Å². The molecule has 0 aliphatic rings. The third kappa shape index (κ3) is 5.47. The Kier molecular flexibility index (Phi) is 6.71. The summed E-state index contributed by atoms with van der Waals surface area (Å²) < 4.78 is 6.75. The number of hydrogen-bond donors (Lipinski definition) is 2. The van der Waals surface area contributed by atoms with E-state index in [-0.39, 0.29) is 5.91 Å². The van der Waals surface area contributed by atoms with E-state index in [0.717, 1.165) is 12.0 Å². The molecule has 29 heavy (non-hydrogen) atoms. The van der Waals surface area contributed by atoms with Gasteiger partial charge in [0.1, 0.15) is 11.6 Å². The first-order chi connectivity index (χ1) is 14.0. The van der Waals surface area contributed by atoms with Crippen molar-refractivity contribution in [2.75, 3.05) is 11.1 Å². The molecule has 0 fully saturated rings. The van der Waals surface area contributed by atoms with Gasteiger partial charge >= 0.3 is 0 Å². The van der Waals surface area contributed by atoms with Crippen LogP contribution >= 0.6 is 11.8 Å². The molecule has 2 heterocycles. The largest absolute Gasteiger partial charge is 0.385 e. The molecule has 3 aromatic rings. The number of aryl methyl sites for hydroxylation is 2. The van der Waals surface area contributed by atoms with E-state index in [1.54, 1.807) is 17.6 Å². The van der Waals surface area contributed by atoms with Crippen LogP contribution in [-0.2, 0) is 17.8 Å². The highest BCUT2D eigenvalue weighted by molar-refractivity contribution is 8.00. The number of amides is 1. The van der Waals surface area contributed by atoms with Crippen LogP contribution in [0.25, 0.3) is 0 Å². The first-order valence-electron chi connectivity index (χ1n) is 9.28. The Balaban J connectivity index is 1.78. The molecular weight excluding hydrogens is 390 g/mol. The number of carbonyl (C=O) groups excluding carboxylic acids is 1. The van der Waals surface area contributed by atoms with E-state index in [1.807, 2.05) is 37.3 Å². The molecule has 1 aromatic carbocycles. The molecule has 0 aliphatic heterocycles. The molecule has 0 spiro atoms. The zero-order valence-electron chi connectivity index (χ0n) is 16.3. The molecule has 0 unspecified atom stereocenters. The summed E-state index contributed by atoms with van der Waals surface area (Å²) in [5, 5.41) is 6.46. The second kappa shape index (κ2) is 9.42. The summed E-state index contributed by atoms with van der Waals surface area (Å²) in [5.74, 6) is 1.05. The average Bonchev–Trinajstić information content (AvgIpc) is 3.10. The molecule has 152 valence electrons. The molecule has 0 saturated carbocycles. The smallest absolute Gasteiger partial charge is 0.275 e. The van der Waals surface area contributed by atoms with E-state index in [4.69, 9.17) is 10.3 Å². The minimum Gasteiger partial charge on any atom is -0.385 e. The molecule has 3 rings (SSSR count). The van der Waals surface area contributed by atoms with E-state index in [1.165, 1.54) is 17.8 Å². The fraction of sp³-hybridized carbons (Fsp3) is 0.300. The summed E-state index contributed by atoms with van der Waals surface area (Å²) in [5.41, 5.74) is 6.81. The van der Waals surface area contributed by atoms with Crippen molar-refractivity contribution in [1.82, 2.24) is 14.7 Å². The second-order valence-electron chi connectivity index (χ2n) is 6.52. The molecule has 2 aromatic heterocycles.